The molecule has 0 heterocycles. The molecular weight excluding hydrogens is 279 g/mol. The minimum Gasteiger partial charge on any atom is -0.486 e. The van der Waals surface area contributed by atoms with E-state index in [1.807, 2.05) is 30.3 Å². The highest BCUT2D eigenvalue weighted by atomic mass is 19.4. The number of benzene rings is 2. The molecule has 21 heavy (non-hydrogen) atoms. The van der Waals surface area contributed by atoms with Crippen molar-refractivity contribution in [3.8, 4) is 5.75 Å². The molecule has 3 N–H and O–H groups in total. The van der Waals surface area contributed by atoms with Gasteiger partial charge in [-0.3, -0.25) is 0 Å². The highest BCUT2D eigenvalue weighted by molar-refractivity contribution is 5.30. The van der Waals surface area contributed by atoms with Gasteiger partial charge in [-0.2, -0.15) is 13.2 Å². The zero-order valence-electron chi connectivity index (χ0n) is 11.4. The Balaban J connectivity index is 2.14. The molecule has 2 nitrogen and oxygen atoms in total. The van der Waals surface area contributed by atoms with E-state index in [2.05, 4.69) is 5.73 Å². The third-order valence-corrected chi connectivity index (χ3v) is 3.10. The first-order chi connectivity index (χ1) is 10.0. The van der Waals surface area contributed by atoms with Gasteiger partial charge in [-0.05, 0) is 29.8 Å². The van der Waals surface area contributed by atoms with E-state index in [1.165, 1.54) is 12.1 Å². The Kier molecular flexibility index (Phi) is 4.85. The van der Waals surface area contributed by atoms with Gasteiger partial charge in [0, 0.05) is 6.42 Å². The lowest BCUT2D eigenvalue weighted by atomic mass is 10.1. The van der Waals surface area contributed by atoms with Crippen LogP contribution in [0.5, 0.6) is 5.75 Å². The summed E-state index contributed by atoms with van der Waals surface area (Å²) < 4.78 is 43.4. The highest BCUT2D eigenvalue weighted by Gasteiger charge is 2.30. The summed E-state index contributed by atoms with van der Waals surface area (Å²) in [5.41, 5.74) is 4.12. The van der Waals surface area contributed by atoms with Crippen molar-refractivity contribution in [3.05, 3.63) is 65.7 Å². The van der Waals surface area contributed by atoms with Crippen molar-refractivity contribution in [2.24, 2.45) is 0 Å². The Morgan fingerprint density at radius 3 is 2.10 bits per heavy atom. The predicted molar refractivity (Wildman–Crippen MR) is 73.6 cm³/mol. The van der Waals surface area contributed by atoms with Crippen molar-refractivity contribution in [3.63, 3.8) is 0 Å². The van der Waals surface area contributed by atoms with E-state index in [4.69, 9.17) is 4.74 Å². The van der Waals surface area contributed by atoms with Crippen LogP contribution in [0.2, 0.25) is 0 Å². The molecule has 0 unspecified atom stereocenters. The van der Waals surface area contributed by atoms with Crippen LogP contribution in [0.4, 0.5) is 13.2 Å². The Hall–Kier alpha value is -2.01. The lowest BCUT2D eigenvalue weighted by molar-refractivity contribution is -0.370. The molecule has 0 aromatic heterocycles. The maximum absolute atomic E-state index is 12.5. The Bertz CT molecular complexity index is 552. The van der Waals surface area contributed by atoms with Gasteiger partial charge in [0.15, 0.2) is 0 Å². The van der Waals surface area contributed by atoms with Gasteiger partial charge in [0.25, 0.3) is 0 Å². The van der Waals surface area contributed by atoms with Gasteiger partial charge >= 0.3 is 6.18 Å². The molecule has 0 amide bonds. The molecule has 0 saturated carbocycles. The first kappa shape index (κ1) is 15.4. The zero-order valence-corrected chi connectivity index (χ0v) is 11.4. The van der Waals surface area contributed by atoms with Crippen LogP contribution in [-0.2, 0) is 6.18 Å². The summed E-state index contributed by atoms with van der Waals surface area (Å²) in [6, 6.07) is 14.3. The maximum Gasteiger partial charge on any atom is 0.416 e. The second kappa shape index (κ2) is 6.63. The second-order valence-electron chi connectivity index (χ2n) is 4.68. The van der Waals surface area contributed by atoms with Crippen LogP contribution in [-0.4, -0.2) is 6.54 Å². The minimum atomic E-state index is -4.33. The molecule has 2 rings (SSSR count). The summed E-state index contributed by atoms with van der Waals surface area (Å²) in [7, 11) is 0. The monoisotopic (exact) mass is 296 g/mol. The van der Waals surface area contributed by atoms with Crippen molar-refractivity contribution >= 4 is 0 Å². The van der Waals surface area contributed by atoms with E-state index < -0.39 is 11.7 Å². The Morgan fingerprint density at radius 2 is 1.57 bits per heavy atom. The van der Waals surface area contributed by atoms with Crippen molar-refractivity contribution in [2.75, 3.05) is 6.54 Å². The second-order valence-corrected chi connectivity index (χ2v) is 4.68. The van der Waals surface area contributed by atoms with Crippen LogP contribution in [0, 0.1) is 0 Å². The molecule has 1 atom stereocenters. The smallest absolute Gasteiger partial charge is 0.416 e. The number of ether oxygens (including phenoxy) is 1. The lowest BCUT2D eigenvalue weighted by Crippen LogP contribution is -2.50. The molecule has 0 aliphatic heterocycles. The van der Waals surface area contributed by atoms with E-state index >= 15 is 0 Å². The topological polar surface area (TPSA) is 36.9 Å². The maximum atomic E-state index is 12.5. The molecular formula is C16H17F3NO+. The van der Waals surface area contributed by atoms with Crippen LogP contribution < -0.4 is 10.5 Å². The fourth-order valence-electron chi connectivity index (χ4n) is 2.03. The van der Waals surface area contributed by atoms with Gasteiger partial charge in [0.2, 0.25) is 0 Å². The standard InChI is InChI=1S/C16H16F3NO/c17-16(18,19)13-6-8-14(9-7-13)21-15(10-11-20)12-4-2-1-3-5-12/h1-9,15H,10-11,20H2/p+1/t15-/m1/s1. The summed E-state index contributed by atoms with van der Waals surface area (Å²) in [6.45, 7) is 0.681. The first-order valence-corrected chi connectivity index (χ1v) is 6.69. The van der Waals surface area contributed by atoms with Crippen molar-refractivity contribution in [1.82, 2.24) is 0 Å². The third-order valence-electron chi connectivity index (χ3n) is 3.10. The van der Waals surface area contributed by atoms with Crippen molar-refractivity contribution in [2.45, 2.75) is 18.7 Å². The number of rotatable bonds is 5. The Morgan fingerprint density at radius 1 is 0.952 bits per heavy atom. The number of alkyl halides is 3. The van der Waals surface area contributed by atoms with E-state index in [0.29, 0.717) is 18.7 Å². The molecule has 0 aliphatic carbocycles. The summed E-state index contributed by atoms with van der Waals surface area (Å²) in [6.07, 6.45) is -3.84. The largest absolute Gasteiger partial charge is 0.486 e. The number of hydrogen-bond acceptors (Lipinski definition) is 1. The molecule has 0 aliphatic rings. The van der Waals surface area contributed by atoms with Gasteiger partial charge in [-0.25, -0.2) is 0 Å². The molecule has 2 aromatic rings. The lowest BCUT2D eigenvalue weighted by Gasteiger charge is -2.18. The summed E-state index contributed by atoms with van der Waals surface area (Å²) in [5, 5.41) is 0. The van der Waals surface area contributed by atoms with Crippen LogP contribution in [0.25, 0.3) is 0 Å². The number of hydrogen-bond donors (Lipinski definition) is 1. The van der Waals surface area contributed by atoms with Crippen LogP contribution in [0.15, 0.2) is 54.6 Å². The van der Waals surface area contributed by atoms with E-state index in [0.717, 1.165) is 17.7 Å². The van der Waals surface area contributed by atoms with Gasteiger partial charge in [-0.1, -0.05) is 30.3 Å². The molecule has 0 fully saturated rings. The van der Waals surface area contributed by atoms with E-state index in [-0.39, 0.29) is 6.10 Å². The quantitative estimate of drug-likeness (QED) is 0.901. The fraction of sp³-hybridized carbons (Fsp3) is 0.250. The third kappa shape index (κ3) is 4.23. The minimum absolute atomic E-state index is 0.208. The SMILES string of the molecule is [NH3+]CC[C@@H](Oc1ccc(C(F)(F)F)cc1)c1ccccc1. The van der Waals surface area contributed by atoms with Gasteiger partial charge in [0.1, 0.15) is 11.9 Å². The van der Waals surface area contributed by atoms with E-state index in [9.17, 15) is 13.2 Å². The van der Waals surface area contributed by atoms with Gasteiger partial charge in [0.05, 0.1) is 12.1 Å². The first-order valence-electron chi connectivity index (χ1n) is 6.69. The molecule has 112 valence electrons. The van der Waals surface area contributed by atoms with Crippen LogP contribution >= 0.6 is 0 Å². The number of halogens is 3. The van der Waals surface area contributed by atoms with E-state index in [1.54, 1.807) is 0 Å². The summed E-state index contributed by atoms with van der Waals surface area (Å²) >= 11 is 0. The number of quaternary nitrogens is 1. The predicted octanol–water partition coefficient (Wildman–Crippen LogP) is 3.46. The molecule has 0 radical (unpaired) electrons. The molecule has 2 aromatic carbocycles. The summed E-state index contributed by atoms with van der Waals surface area (Å²) in [5.74, 6) is 0.422. The van der Waals surface area contributed by atoms with Crippen molar-refractivity contribution < 1.29 is 23.6 Å². The molecule has 0 bridgehead atoms. The van der Waals surface area contributed by atoms with Gasteiger partial charge < -0.3 is 10.5 Å². The molecule has 0 saturated heterocycles. The normalized spacial score (nSPS) is 13.0. The average molecular weight is 296 g/mol. The molecule has 5 heteroatoms. The summed E-state index contributed by atoms with van der Waals surface area (Å²) in [4.78, 5) is 0. The zero-order chi connectivity index (χ0) is 15.3. The van der Waals surface area contributed by atoms with Crippen LogP contribution in [0.3, 0.4) is 0 Å². The average Bonchev–Trinajstić information content (AvgIpc) is 2.47. The molecule has 0 spiro atoms. The van der Waals surface area contributed by atoms with Crippen molar-refractivity contribution in [1.29, 1.82) is 0 Å². The highest BCUT2D eigenvalue weighted by Crippen LogP contribution is 2.31. The fourth-order valence-corrected chi connectivity index (χ4v) is 2.03. The van der Waals surface area contributed by atoms with Crippen LogP contribution in [0.1, 0.15) is 23.7 Å². The van der Waals surface area contributed by atoms with Gasteiger partial charge in [-0.15, -0.1) is 0 Å². The Labute approximate surface area is 121 Å².